The second-order valence-electron chi connectivity index (χ2n) is 6.25. The number of halogens is 1. The van der Waals surface area contributed by atoms with Crippen molar-refractivity contribution in [3.05, 3.63) is 34.3 Å². The molecule has 0 fully saturated rings. The average molecular weight is 328 g/mol. The van der Waals surface area contributed by atoms with Gasteiger partial charge in [0.05, 0.1) is 0 Å². The first kappa shape index (κ1) is 16.0. The fourth-order valence-corrected chi connectivity index (χ4v) is 2.02. The summed E-state index contributed by atoms with van der Waals surface area (Å²) in [5.41, 5.74) is 0.544. The highest BCUT2D eigenvalue weighted by Gasteiger charge is 2.23. The first-order valence-electron chi connectivity index (χ1n) is 6.33. The van der Waals surface area contributed by atoms with E-state index in [1.54, 1.807) is 0 Å². The summed E-state index contributed by atoms with van der Waals surface area (Å²) >= 11 is 3.46. The van der Waals surface area contributed by atoms with Gasteiger partial charge in [-0.1, -0.05) is 41.9 Å². The monoisotopic (exact) mass is 327 g/mol. The maximum absolute atomic E-state index is 11.7. The molecule has 0 atom stereocenters. The summed E-state index contributed by atoms with van der Waals surface area (Å²) in [4.78, 5) is 11.7. The number of hydrogen-bond donors (Lipinski definition) is 1. The Balaban J connectivity index is 2.63. The van der Waals surface area contributed by atoms with E-state index >= 15 is 0 Å². The van der Waals surface area contributed by atoms with Crippen molar-refractivity contribution < 1.29 is 9.53 Å². The molecule has 0 bridgehead atoms. The lowest BCUT2D eigenvalue weighted by Crippen LogP contribution is -2.39. The Kier molecular flexibility index (Phi) is 5.02. The minimum Gasteiger partial charge on any atom is -0.444 e. The van der Waals surface area contributed by atoms with Crippen LogP contribution in [0.3, 0.4) is 0 Å². The number of ether oxygens (including phenoxy) is 1. The van der Waals surface area contributed by atoms with E-state index in [0.29, 0.717) is 6.54 Å². The Morgan fingerprint density at radius 1 is 1.26 bits per heavy atom. The van der Waals surface area contributed by atoms with E-state index in [0.717, 1.165) is 10.0 Å². The largest absolute Gasteiger partial charge is 0.444 e. The van der Waals surface area contributed by atoms with Crippen molar-refractivity contribution in [1.82, 2.24) is 5.32 Å². The zero-order valence-electron chi connectivity index (χ0n) is 12.2. The molecule has 1 aromatic carbocycles. The van der Waals surface area contributed by atoms with Gasteiger partial charge in [-0.25, -0.2) is 4.79 Å². The summed E-state index contributed by atoms with van der Waals surface area (Å²) in [6.07, 6.45) is -0.379. The molecule has 0 aliphatic heterocycles. The third kappa shape index (κ3) is 5.64. The molecule has 0 unspecified atom stereocenters. The summed E-state index contributed by atoms with van der Waals surface area (Å²) in [5.74, 6) is 0. The van der Waals surface area contributed by atoms with Gasteiger partial charge in [-0.2, -0.15) is 0 Å². The fourth-order valence-electron chi connectivity index (χ4n) is 1.62. The van der Waals surface area contributed by atoms with Crippen LogP contribution in [0.2, 0.25) is 0 Å². The predicted molar refractivity (Wildman–Crippen MR) is 81.4 cm³/mol. The first-order valence-corrected chi connectivity index (χ1v) is 7.12. The van der Waals surface area contributed by atoms with Crippen LogP contribution in [0, 0.1) is 0 Å². The van der Waals surface area contributed by atoms with Crippen molar-refractivity contribution in [2.24, 2.45) is 0 Å². The van der Waals surface area contributed by atoms with E-state index in [1.165, 1.54) is 0 Å². The van der Waals surface area contributed by atoms with Gasteiger partial charge in [0.15, 0.2) is 0 Å². The lowest BCUT2D eigenvalue weighted by molar-refractivity contribution is 0.0517. The number of carbonyl (C=O) groups excluding carboxylic acids is 1. The molecule has 1 aromatic rings. The van der Waals surface area contributed by atoms with Gasteiger partial charge in [0, 0.05) is 16.4 Å². The molecular formula is C15H22BrNO2. The highest BCUT2D eigenvalue weighted by atomic mass is 79.9. The fraction of sp³-hybridized carbons (Fsp3) is 0.533. The maximum atomic E-state index is 11.7. The molecule has 1 N–H and O–H groups in total. The van der Waals surface area contributed by atoms with Crippen LogP contribution in [-0.4, -0.2) is 18.2 Å². The number of nitrogens with one attached hydrogen (secondary N) is 1. The Hall–Kier alpha value is -1.03. The number of hydrogen-bond acceptors (Lipinski definition) is 2. The van der Waals surface area contributed by atoms with Crippen LogP contribution in [-0.2, 0) is 10.2 Å². The molecular weight excluding hydrogens is 306 g/mol. The standard InChI is InChI=1S/C15H22BrNO2/c1-14(2,3)19-13(18)17-10-15(4,5)11-7-6-8-12(16)9-11/h6-9H,10H2,1-5H3,(H,17,18). The molecule has 0 heterocycles. The van der Waals surface area contributed by atoms with Crippen LogP contribution < -0.4 is 5.32 Å². The molecule has 0 radical (unpaired) electrons. The summed E-state index contributed by atoms with van der Waals surface area (Å²) in [6.45, 7) is 10.3. The normalized spacial score (nSPS) is 12.1. The van der Waals surface area contributed by atoms with Crippen molar-refractivity contribution in [2.45, 2.75) is 45.6 Å². The summed E-state index contributed by atoms with van der Waals surface area (Å²) < 4.78 is 6.27. The number of amides is 1. The highest BCUT2D eigenvalue weighted by Crippen LogP contribution is 2.25. The van der Waals surface area contributed by atoms with Gasteiger partial charge in [-0.05, 0) is 38.5 Å². The van der Waals surface area contributed by atoms with Crippen LogP contribution in [0.1, 0.15) is 40.2 Å². The van der Waals surface area contributed by atoms with Gasteiger partial charge in [0.25, 0.3) is 0 Å². The molecule has 0 aliphatic carbocycles. The summed E-state index contributed by atoms with van der Waals surface area (Å²) in [7, 11) is 0. The molecule has 0 aliphatic rings. The van der Waals surface area contributed by atoms with Gasteiger partial charge < -0.3 is 10.1 Å². The SMILES string of the molecule is CC(C)(C)OC(=O)NCC(C)(C)c1cccc(Br)c1. The van der Waals surface area contributed by atoms with Crippen LogP contribution in [0.4, 0.5) is 4.79 Å². The van der Waals surface area contributed by atoms with E-state index in [9.17, 15) is 4.79 Å². The average Bonchev–Trinajstić information content (AvgIpc) is 2.24. The summed E-state index contributed by atoms with van der Waals surface area (Å²) in [5, 5.41) is 2.82. The van der Waals surface area contributed by atoms with Gasteiger partial charge in [0.1, 0.15) is 5.60 Å². The smallest absolute Gasteiger partial charge is 0.407 e. The Labute approximate surface area is 123 Å². The van der Waals surface area contributed by atoms with Crippen LogP contribution in [0.5, 0.6) is 0 Å². The van der Waals surface area contributed by atoms with E-state index < -0.39 is 5.60 Å². The lowest BCUT2D eigenvalue weighted by atomic mass is 9.85. The molecule has 0 saturated heterocycles. The zero-order valence-corrected chi connectivity index (χ0v) is 13.8. The molecule has 1 rings (SSSR count). The summed E-state index contributed by atoms with van der Waals surface area (Å²) in [6, 6.07) is 8.10. The quantitative estimate of drug-likeness (QED) is 0.901. The second kappa shape index (κ2) is 5.95. The van der Waals surface area contributed by atoms with Crippen molar-refractivity contribution in [3.8, 4) is 0 Å². The number of alkyl carbamates (subject to hydrolysis) is 1. The van der Waals surface area contributed by atoms with Gasteiger partial charge >= 0.3 is 6.09 Å². The number of rotatable bonds is 3. The molecule has 106 valence electrons. The minimum absolute atomic E-state index is 0.152. The second-order valence-corrected chi connectivity index (χ2v) is 7.17. The van der Waals surface area contributed by atoms with Crippen LogP contribution in [0.15, 0.2) is 28.7 Å². The van der Waals surface area contributed by atoms with E-state index in [2.05, 4.69) is 47.2 Å². The third-order valence-corrected chi connectivity index (χ3v) is 3.17. The molecule has 19 heavy (non-hydrogen) atoms. The van der Waals surface area contributed by atoms with E-state index in [-0.39, 0.29) is 11.5 Å². The number of carbonyl (C=O) groups is 1. The molecule has 1 amide bonds. The number of benzene rings is 1. The van der Waals surface area contributed by atoms with Crippen molar-refractivity contribution in [3.63, 3.8) is 0 Å². The topological polar surface area (TPSA) is 38.3 Å². The highest BCUT2D eigenvalue weighted by molar-refractivity contribution is 9.10. The van der Waals surface area contributed by atoms with Crippen LogP contribution >= 0.6 is 15.9 Å². The van der Waals surface area contributed by atoms with Gasteiger partial charge in [-0.3, -0.25) is 0 Å². The van der Waals surface area contributed by atoms with Gasteiger partial charge in [0.2, 0.25) is 0 Å². The van der Waals surface area contributed by atoms with E-state index in [4.69, 9.17) is 4.74 Å². The minimum atomic E-state index is -0.468. The van der Waals surface area contributed by atoms with Crippen molar-refractivity contribution in [1.29, 1.82) is 0 Å². The predicted octanol–water partition coefficient (Wildman–Crippen LogP) is 4.25. The molecule has 3 nitrogen and oxygen atoms in total. The Morgan fingerprint density at radius 2 is 1.89 bits per heavy atom. The lowest BCUT2D eigenvalue weighted by Gasteiger charge is -2.27. The van der Waals surface area contributed by atoms with Crippen molar-refractivity contribution >= 4 is 22.0 Å². The maximum Gasteiger partial charge on any atom is 0.407 e. The Bertz CT molecular complexity index is 450. The first-order chi connectivity index (χ1) is 8.60. The van der Waals surface area contributed by atoms with Gasteiger partial charge in [-0.15, -0.1) is 0 Å². The molecule has 0 spiro atoms. The Morgan fingerprint density at radius 3 is 2.42 bits per heavy atom. The van der Waals surface area contributed by atoms with E-state index in [1.807, 2.05) is 32.9 Å². The molecule has 0 aromatic heterocycles. The third-order valence-electron chi connectivity index (χ3n) is 2.68. The zero-order chi connectivity index (χ0) is 14.7. The van der Waals surface area contributed by atoms with Crippen LogP contribution in [0.25, 0.3) is 0 Å². The molecule has 0 saturated carbocycles. The molecule has 4 heteroatoms. The van der Waals surface area contributed by atoms with Crippen molar-refractivity contribution in [2.75, 3.05) is 6.54 Å².